The zero-order valence-electron chi connectivity index (χ0n) is 18.7. The lowest BCUT2D eigenvalue weighted by Gasteiger charge is -2.17. The average molecular weight is 520 g/mol. The number of aromatic nitrogens is 4. The summed E-state index contributed by atoms with van der Waals surface area (Å²) in [5.41, 5.74) is 0.960. The van der Waals surface area contributed by atoms with Crippen LogP contribution in [0.15, 0.2) is 6.07 Å². The van der Waals surface area contributed by atoms with Gasteiger partial charge in [-0.2, -0.15) is 4.68 Å². The number of sulfone groups is 1. The van der Waals surface area contributed by atoms with E-state index in [-0.39, 0.29) is 0 Å². The normalized spacial score (nSPS) is 26.5. The summed E-state index contributed by atoms with van der Waals surface area (Å²) >= 11 is 0. The van der Waals surface area contributed by atoms with E-state index in [1.54, 1.807) is 0 Å². The molecule has 0 bridgehead atoms. The van der Waals surface area contributed by atoms with E-state index in [9.17, 15) is 23.2 Å². The fraction of sp³-hybridized carbons (Fsp3) is 0.737. The van der Waals surface area contributed by atoms with Crippen molar-refractivity contribution in [2.45, 2.75) is 76.0 Å². The molecule has 1 aliphatic heterocycles. The molecule has 1 saturated carbocycles. The molecule has 2 aliphatic rings. The summed E-state index contributed by atoms with van der Waals surface area (Å²) in [7, 11) is -9.12. The number of fused-ring (bicyclic) bond motifs is 1. The van der Waals surface area contributed by atoms with E-state index in [1.165, 1.54) is 4.68 Å². The minimum absolute atomic E-state index is 0.309. The molecule has 4 atom stereocenters. The Kier molecular flexibility index (Phi) is 7.30. The van der Waals surface area contributed by atoms with Crippen LogP contribution in [0.2, 0.25) is 0 Å². The van der Waals surface area contributed by atoms with E-state index in [0.29, 0.717) is 23.6 Å². The standard InChI is InChI=1S/C19H30N5O8PS/c1-2-5-12-8-13(20-11-6-3-4-7-11)15-18(21-12)24(23-22-15)19-17(26)16(25)14(32-19)9-34(30,31)10-33(27,28)29/h8,11,14,16-17,19,25-26H,2-7,9-10H2,1H3,(H,20,21)(H2,27,28,29)/t14-,16-,17-,19-/m1/s1. The maximum atomic E-state index is 12.2. The number of rotatable bonds is 9. The van der Waals surface area contributed by atoms with Crippen molar-refractivity contribution in [2.75, 3.05) is 16.6 Å². The number of nitrogens with zero attached hydrogens (tertiary/aromatic N) is 4. The van der Waals surface area contributed by atoms with Gasteiger partial charge in [0.1, 0.15) is 18.3 Å². The second-order valence-corrected chi connectivity index (χ2v) is 13.2. The first-order valence-electron chi connectivity index (χ1n) is 11.3. The highest BCUT2D eigenvalue weighted by Gasteiger charge is 2.47. The minimum Gasteiger partial charge on any atom is -0.387 e. The number of aryl methyl sites for hydroxylation is 1. The van der Waals surface area contributed by atoms with Crippen LogP contribution in [0.1, 0.15) is 50.9 Å². The summed E-state index contributed by atoms with van der Waals surface area (Å²) in [5.74, 6) is -0.873. The topological polar surface area (TPSA) is 197 Å². The van der Waals surface area contributed by atoms with E-state index >= 15 is 0 Å². The minimum atomic E-state index is -4.84. The van der Waals surface area contributed by atoms with Crippen LogP contribution in [-0.2, 0) is 25.6 Å². The Balaban J connectivity index is 1.63. The molecule has 15 heteroatoms. The largest absolute Gasteiger partial charge is 0.387 e. The number of anilines is 1. The van der Waals surface area contributed by atoms with Crippen molar-refractivity contribution in [3.8, 4) is 0 Å². The third-order valence-electron chi connectivity index (χ3n) is 6.07. The van der Waals surface area contributed by atoms with E-state index in [0.717, 1.165) is 43.5 Å². The Hall–Kier alpha value is -1.67. The molecule has 0 unspecified atom stereocenters. The van der Waals surface area contributed by atoms with Gasteiger partial charge in [-0.05, 0) is 25.3 Å². The molecule has 5 N–H and O–H groups in total. The Morgan fingerprint density at radius 2 is 1.94 bits per heavy atom. The number of aliphatic hydroxyl groups excluding tert-OH is 2. The van der Waals surface area contributed by atoms with Crippen molar-refractivity contribution in [3.63, 3.8) is 0 Å². The quantitative estimate of drug-likeness (QED) is 0.285. The van der Waals surface area contributed by atoms with Gasteiger partial charge in [-0.25, -0.2) is 13.4 Å². The Labute approximate surface area is 196 Å². The van der Waals surface area contributed by atoms with Gasteiger partial charge < -0.3 is 30.1 Å². The number of hydrogen-bond donors (Lipinski definition) is 5. The molecule has 34 heavy (non-hydrogen) atoms. The fourth-order valence-electron chi connectivity index (χ4n) is 4.55. The zero-order valence-corrected chi connectivity index (χ0v) is 20.4. The molecule has 1 saturated heterocycles. The molecule has 0 radical (unpaired) electrons. The summed E-state index contributed by atoms with van der Waals surface area (Å²) < 4.78 is 42.3. The maximum Gasteiger partial charge on any atom is 0.340 e. The highest BCUT2D eigenvalue weighted by atomic mass is 32.2. The monoisotopic (exact) mass is 519 g/mol. The van der Waals surface area contributed by atoms with Crippen molar-refractivity contribution < 1.29 is 37.7 Å². The van der Waals surface area contributed by atoms with Gasteiger partial charge in [-0.3, -0.25) is 4.57 Å². The molecule has 2 fully saturated rings. The Bertz CT molecular complexity index is 1180. The molecule has 0 aromatic carbocycles. The Morgan fingerprint density at radius 3 is 2.59 bits per heavy atom. The number of ether oxygens (including phenoxy) is 1. The summed E-state index contributed by atoms with van der Waals surface area (Å²) in [6.07, 6.45) is 0.0625. The zero-order chi connectivity index (χ0) is 24.7. The van der Waals surface area contributed by atoms with Crippen LogP contribution in [-0.4, -0.2) is 84.0 Å². The van der Waals surface area contributed by atoms with Gasteiger partial charge in [0.05, 0.1) is 11.4 Å². The molecule has 190 valence electrons. The number of aliphatic hydroxyl groups is 2. The van der Waals surface area contributed by atoms with Crippen LogP contribution in [0.4, 0.5) is 5.69 Å². The molecule has 2 aromatic heterocycles. The molecule has 4 rings (SSSR count). The van der Waals surface area contributed by atoms with Gasteiger partial charge in [0.25, 0.3) is 0 Å². The number of nitrogens with one attached hydrogen (secondary N) is 1. The van der Waals surface area contributed by atoms with E-state index in [1.807, 2.05) is 13.0 Å². The van der Waals surface area contributed by atoms with Gasteiger partial charge >= 0.3 is 7.60 Å². The van der Waals surface area contributed by atoms with Crippen molar-refractivity contribution in [2.24, 2.45) is 0 Å². The van der Waals surface area contributed by atoms with Gasteiger partial charge in [0, 0.05) is 11.7 Å². The molecule has 0 amide bonds. The van der Waals surface area contributed by atoms with Crippen LogP contribution in [0, 0.1) is 0 Å². The molecule has 1 aliphatic carbocycles. The van der Waals surface area contributed by atoms with Crippen LogP contribution < -0.4 is 5.32 Å². The van der Waals surface area contributed by atoms with Gasteiger partial charge in [-0.1, -0.05) is 31.4 Å². The molecular weight excluding hydrogens is 489 g/mol. The molecule has 3 heterocycles. The smallest absolute Gasteiger partial charge is 0.340 e. The van der Waals surface area contributed by atoms with Gasteiger partial charge in [0.2, 0.25) is 0 Å². The first-order valence-corrected chi connectivity index (χ1v) is 14.9. The molecule has 13 nitrogen and oxygen atoms in total. The van der Waals surface area contributed by atoms with Crippen molar-refractivity contribution in [1.82, 2.24) is 20.0 Å². The maximum absolute atomic E-state index is 12.2. The number of pyridine rings is 1. The SMILES string of the molecule is CCCc1cc(NC2CCCC2)c2nnn([C@@H]3O[C@H](CS(=O)(=O)CP(=O)(O)O)[C@@H](O)[C@H]3O)c2n1. The third-order valence-corrected chi connectivity index (χ3v) is 9.82. The highest BCUT2D eigenvalue weighted by Crippen LogP contribution is 2.38. The summed E-state index contributed by atoms with van der Waals surface area (Å²) in [6, 6.07) is 2.24. The van der Waals surface area contributed by atoms with Gasteiger partial charge in [-0.15, -0.1) is 5.10 Å². The van der Waals surface area contributed by atoms with Crippen molar-refractivity contribution in [1.29, 1.82) is 0 Å². The summed E-state index contributed by atoms with van der Waals surface area (Å²) in [4.78, 5) is 22.6. The lowest BCUT2D eigenvalue weighted by atomic mass is 10.1. The lowest BCUT2D eigenvalue weighted by molar-refractivity contribution is -0.0375. The molecular formula is C19H30N5O8PS. The van der Waals surface area contributed by atoms with E-state index in [4.69, 9.17) is 14.5 Å². The molecule has 2 aromatic rings. The third kappa shape index (κ3) is 5.59. The number of hydrogen-bond acceptors (Lipinski definition) is 10. The van der Waals surface area contributed by atoms with Gasteiger partial charge in [0.15, 0.2) is 32.7 Å². The van der Waals surface area contributed by atoms with Crippen LogP contribution >= 0.6 is 7.60 Å². The van der Waals surface area contributed by atoms with Crippen molar-refractivity contribution in [3.05, 3.63) is 11.8 Å². The fourth-order valence-corrected chi connectivity index (χ4v) is 7.80. The Morgan fingerprint density at radius 1 is 1.24 bits per heavy atom. The average Bonchev–Trinajstić information content (AvgIpc) is 3.43. The summed E-state index contributed by atoms with van der Waals surface area (Å²) in [6.45, 7) is 2.02. The predicted octanol–water partition coefficient (Wildman–Crippen LogP) is 0.302. The van der Waals surface area contributed by atoms with E-state index in [2.05, 4.69) is 20.6 Å². The molecule has 0 spiro atoms. The highest BCUT2D eigenvalue weighted by molar-refractivity contribution is 7.97. The second kappa shape index (κ2) is 9.76. The van der Waals surface area contributed by atoms with Crippen LogP contribution in [0.3, 0.4) is 0 Å². The lowest BCUT2D eigenvalue weighted by Crippen LogP contribution is -2.36. The first-order chi connectivity index (χ1) is 16.0. The van der Waals surface area contributed by atoms with Crippen LogP contribution in [0.5, 0.6) is 0 Å². The van der Waals surface area contributed by atoms with Crippen molar-refractivity contribution >= 4 is 34.3 Å². The predicted molar refractivity (Wildman–Crippen MR) is 122 cm³/mol. The van der Waals surface area contributed by atoms with E-state index < -0.39 is 53.2 Å². The van der Waals surface area contributed by atoms with Crippen LogP contribution in [0.25, 0.3) is 11.2 Å². The second-order valence-electron chi connectivity index (χ2n) is 8.99. The summed E-state index contributed by atoms with van der Waals surface area (Å²) in [5, 5.41) is 32.8. The first kappa shape index (κ1) is 25.4.